The minimum atomic E-state index is -1.18. The van der Waals surface area contributed by atoms with Crippen LogP contribution < -0.4 is 10.6 Å². The molecule has 3 aromatic rings. The number of carbonyl (C=O) groups excluding carboxylic acids is 2. The van der Waals surface area contributed by atoms with Crippen molar-refractivity contribution < 1.29 is 19.5 Å². The van der Waals surface area contributed by atoms with E-state index < -0.39 is 17.9 Å². The molecule has 3 N–H and O–H groups in total. The van der Waals surface area contributed by atoms with Gasteiger partial charge in [-0.15, -0.1) is 0 Å². The maximum absolute atomic E-state index is 12.6. The first-order valence-corrected chi connectivity index (χ1v) is 12.9. The van der Waals surface area contributed by atoms with Gasteiger partial charge in [0.05, 0.1) is 15.6 Å². The molecular formula is C28H27Cl2N3O4. The number of amides is 1. The van der Waals surface area contributed by atoms with Gasteiger partial charge >= 0.3 is 5.97 Å². The Kier molecular flexibility index (Phi) is 8.79. The average molecular weight is 540 g/mol. The number of nitrogens with one attached hydrogen (secondary N) is 2. The van der Waals surface area contributed by atoms with E-state index in [2.05, 4.69) is 21.7 Å². The van der Waals surface area contributed by atoms with Gasteiger partial charge in [0.25, 0.3) is 5.91 Å². The fraction of sp³-hybridized carbons (Fsp3) is 0.286. The van der Waals surface area contributed by atoms with Crippen LogP contribution in [0.25, 0.3) is 0 Å². The molecule has 192 valence electrons. The minimum absolute atomic E-state index is 0.0350. The minimum Gasteiger partial charge on any atom is -0.480 e. The van der Waals surface area contributed by atoms with Gasteiger partial charge < -0.3 is 15.7 Å². The van der Waals surface area contributed by atoms with Crippen LogP contribution in [-0.2, 0) is 35.3 Å². The molecule has 0 unspecified atom stereocenters. The molecule has 7 nitrogen and oxygen atoms in total. The highest BCUT2D eigenvalue weighted by molar-refractivity contribution is 6.39. The maximum atomic E-state index is 12.6. The summed E-state index contributed by atoms with van der Waals surface area (Å²) in [6.07, 6.45) is 3.46. The summed E-state index contributed by atoms with van der Waals surface area (Å²) < 4.78 is 0. The quantitative estimate of drug-likeness (QED) is 0.337. The molecule has 0 bridgehead atoms. The fourth-order valence-corrected chi connectivity index (χ4v) is 4.83. The van der Waals surface area contributed by atoms with Crippen molar-refractivity contribution in [1.29, 1.82) is 0 Å². The van der Waals surface area contributed by atoms with Crippen molar-refractivity contribution >= 4 is 46.7 Å². The molecule has 0 saturated carbocycles. The number of fused-ring (bicyclic) bond motifs is 1. The maximum Gasteiger partial charge on any atom is 0.326 e. The Morgan fingerprint density at radius 3 is 2.41 bits per heavy atom. The summed E-state index contributed by atoms with van der Waals surface area (Å²) in [6, 6.07) is 14.7. The van der Waals surface area contributed by atoms with Crippen LogP contribution in [-0.4, -0.2) is 40.3 Å². The summed E-state index contributed by atoms with van der Waals surface area (Å²) in [6.45, 7) is 0.924. The third-order valence-corrected chi connectivity index (χ3v) is 6.90. The van der Waals surface area contributed by atoms with E-state index >= 15 is 0 Å². The number of carbonyl (C=O) groups is 3. The molecular weight excluding hydrogens is 513 g/mol. The number of halogens is 2. The normalized spacial score (nSPS) is 13.2. The molecule has 1 amide bonds. The number of nitrogens with zero attached hydrogens (tertiary/aromatic N) is 1. The van der Waals surface area contributed by atoms with Crippen LogP contribution in [0, 0.1) is 0 Å². The second kappa shape index (κ2) is 12.2. The van der Waals surface area contributed by atoms with Crippen molar-refractivity contribution in [3.8, 4) is 0 Å². The monoisotopic (exact) mass is 539 g/mol. The van der Waals surface area contributed by atoms with E-state index in [0.29, 0.717) is 18.4 Å². The molecule has 37 heavy (non-hydrogen) atoms. The fourth-order valence-electron chi connectivity index (χ4n) is 4.27. The van der Waals surface area contributed by atoms with E-state index in [4.69, 9.17) is 23.2 Å². The summed E-state index contributed by atoms with van der Waals surface area (Å²) in [5.41, 5.74) is 3.70. The Labute approximate surface area is 225 Å². The van der Waals surface area contributed by atoms with Crippen molar-refractivity contribution in [3.05, 3.63) is 92.6 Å². The number of ketones is 1. The molecule has 1 aromatic heterocycles. The van der Waals surface area contributed by atoms with Crippen LogP contribution in [0.5, 0.6) is 0 Å². The number of carboxylic acids is 1. The molecule has 0 fully saturated rings. The number of anilines is 1. The lowest BCUT2D eigenvalue weighted by molar-refractivity contribution is -0.139. The van der Waals surface area contributed by atoms with Gasteiger partial charge in [-0.3, -0.25) is 9.59 Å². The molecule has 0 saturated heterocycles. The first-order valence-electron chi connectivity index (χ1n) is 12.1. The van der Waals surface area contributed by atoms with Gasteiger partial charge in [0.15, 0.2) is 0 Å². The molecule has 2 heterocycles. The SMILES string of the molecule is O=C(CCc1ccc2c(n1)NCCC2)Cc1ccc(C[C@H](NC(=O)c2c(Cl)cccc2Cl)C(=O)O)cc1. The largest absolute Gasteiger partial charge is 0.480 e. The summed E-state index contributed by atoms with van der Waals surface area (Å²) in [4.78, 5) is 41.6. The van der Waals surface area contributed by atoms with Gasteiger partial charge in [-0.25, -0.2) is 9.78 Å². The molecule has 0 aliphatic carbocycles. The number of aryl methyl sites for hydroxylation is 2. The molecule has 1 atom stereocenters. The van der Waals surface area contributed by atoms with Crippen LogP contribution in [0.2, 0.25) is 10.0 Å². The molecule has 0 radical (unpaired) electrons. The van der Waals surface area contributed by atoms with Crippen molar-refractivity contribution in [1.82, 2.24) is 10.3 Å². The van der Waals surface area contributed by atoms with Crippen LogP contribution in [0.1, 0.15) is 45.6 Å². The van der Waals surface area contributed by atoms with Crippen molar-refractivity contribution in [2.24, 2.45) is 0 Å². The number of hydrogen-bond acceptors (Lipinski definition) is 5. The van der Waals surface area contributed by atoms with E-state index in [9.17, 15) is 19.5 Å². The number of carboxylic acid groups (broad SMARTS) is 1. The predicted octanol–water partition coefficient (Wildman–Crippen LogP) is 4.92. The Morgan fingerprint density at radius 2 is 1.70 bits per heavy atom. The number of aliphatic carboxylic acids is 1. The number of rotatable bonds is 10. The van der Waals surface area contributed by atoms with Crippen LogP contribution in [0.3, 0.4) is 0 Å². The zero-order valence-electron chi connectivity index (χ0n) is 20.1. The lowest BCUT2D eigenvalue weighted by atomic mass is 10.00. The summed E-state index contributed by atoms with van der Waals surface area (Å²) in [5.74, 6) is -0.804. The van der Waals surface area contributed by atoms with E-state index in [1.807, 2.05) is 6.07 Å². The van der Waals surface area contributed by atoms with Gasteiger partial charge in [0, 0.05) is 31.5 Å². The van der Waals surface area contributed by atoms with Crippen molar-refractivity contribution in [3.63, 3.8) is 0 Å². The van der Waals surface area contributed by atoms with Crippen LogP contribution in [0.15, 0.2) is 54.6 Å². The molecule has 1 aliphatic heterocycles. The van der Waals surface area contributed by atoms with Gasteiger partial charge in [-0.1, -0.05) is 59.6 Å². The van der Waals surface area contributed by atoms with Gasteiger partial charge in [0.1, 0.15) is 17.6 Å². The Bertz CT molecular complexity index is 1290. The summed E-state index contributed by atoms with van der Waals surface area (Å²) >= 11 is 12.1. The lowest BCUT2D eigenvalue weighted by Gasteiger charge is -2.17. The van der Waals surface area contributed by atoms with Gasteiger partial charge in [-0.05, 0) is 54.2 Å². The number of pyridine rings is 1. The number of Topliss-reactive ketones (excluding diaryl/α,β-unsaturated/α-hetero) is 1. The third kappa shape index (κ3) is 7.08. The highest BCUT2D eigenvalue weighted by Gasteiger charge is 2.24. The highest BCUT2D eigenvalue weighted by atomic mass is 35.5. The van der Waals surface area contributed by atoms with E-state index in [-0.39, 0.29) is 34.2 Å². The Morgan fingerprint density at radius 1 is 1.00 bits per heavy atom. The molecule has 4 rings (SSSR count). The molecule has 2 aromatic carbocycles. The van der Waals surface area contributed by atoms with E-state index in [1.54, 1.807) is 30.3 Å². The highest BCUT2D eigenvalue weighted by Crippen LogP contribution is 2.24. The standard InChI is InChI=1S/C28H27Cl2N3O4/c29-22-4-1-5-23(30)25(22)27(35)33-24(28(36)37)16-18-8-6-17(7-9-18)15-21(34)13-12-20-11-10-19-3-2-14-31-26(19)32-20/h1,4-11,24H,2-3,12-16H2,(H,31,32)(H,33,35)(H,36,37)/t24-/m0/s1. The number of aromatic nitrogens is 1. The van der Waals surface area contributed by atoms with Crippen LogP contribution >= 0.6 is 23.2 Å². The third-order valence-electron chi connectivity index (χ3n) is 6.27. The number of benzene rings is 2. The first kappa shape index (κ1) is 26.6. The Hall–Kier alpha value is -3.42. The van der Waals surface area contributed by atoms with E-state index in [1.165, 1.54) is 17.7 Å². The van der Waals surface area contributed by atoms with Gasteiger partial charge in [-0.2, -0.15) is 0 Å². The second-order valence-corrected chi connectivity index (χ2v) is 9.85. The zero-order valence-corrected chi connectivity index (χ0v) is 21.6. The van der Waals surface area contributed by atoms with Crippen molar-refractivity contribution in [2.75, 3.05) is 11.9 Å². The first-order chi connectivity index (χ1) is 17.8. The Balaban J connectivity index is 1.31. The summed E-state index contributed by atoms with van der Waals surface area (Å²) in [5, 5.41) is 15.7. The topological polar surface area (TPSA) is 108 Å². The number of hydrogen-bond donors (Lipinski definition) is 3. The van der Waals surface area contributed by atoms with E-state index in [0.717, 1.165) is 36.5 Å². The predicted molar refractivity (Wildman–Crippen MR) is 144 cm³/mol. The molecule has 9 heteroatoms. The van der Waals surface area contributed by atoms with Gasteiger partial charge in [0.2, 0.25) is 0 Å². The average Bonchev–Trinajstić information content (AvgIpc) is 2.88. The lowest BCUT2D eigenvalue weighted by Crippen LogP contribution is -2.42. The molecule has 0 spiro atoms. The summed E-state index contributed by atoms with van der Waals surface area (Å²) in [7, 11) is 0. The van der Waals surface area contributed by atoms with Crippen molar-refractivity contribution in [2.45, 2.75) is 44.6 Å². The molecule has 1 aliphatic rings. The van der Waals surface area contributed by atoms with Crippen LogP contribution in [0.4, 0.5) is 5.82 Å². The zero-order chi connectivity index (χ0) is 26.4. The second-order valence-electron chi connectivity index (χ2n) is 9.04. The smallest absolute Gasteiger partial charge is 0.326 e.